The third kappa shape index (κ3) is 601. The van der Waals surface area contributed by atoms with Gasteiger partial charge in [-0.3, -0.25) is 0 Å². The number of hydrogen-bond donors (Lipinski definition) is 0. The van der Waals surface area contributed by atoms with E-state index in [2.05, 4.69) is 103 Å². The van der Waals surface area contributed by atoms with Crippen LogP contribution in [0.15, 0.2) is 12.2 Å². The molecule has 4 radical (unpaired) electrons. The maximum absolute atomic E-state index is 7.50. The maximum atomic E-state index is 7.50. The van der Waals surface area contributed by atoms with Gasteiger partial charge in [-0.1, -0.05) is 23.7 Å². The summed E-state index contributed by atoms with van der Waals surface area (Å²) in [6, 6.07) is 0. The molecule has 0 saturated carbocycles. The molecule has 0 aromatic rings. The molecule has 0 saturated heterocycles. The molecule has 0 aromatic carbocycles. The Balaban J connectivity index is -0.0000000109. The van der Waals surface area contributed by atoms with E-state index < -0.39 is 0 Å². The van der Waals surface area contributed by atoms with Gasteiger partial charge in [0.25, 0.3) is 0 Å². The van der Waals surface area contributed by atoms with Gasteiger partial charge in [0.2, 0.25) is 0 Å². The topological polar surface area (TPSA) is 239 Å². The Morgan fingerprint density at radius 2 is 0.447 bits per heavy atom. The van der Waals surface area contributed by atoms with Gasteiger partial charge in [0, 0.05) is 80.0 Å². The van der Waals surface area contributed by atoms with Crippen LogP contribution < -0.4 is 0 Å². The standard InChI is InChI=1S/C10H10.12CO.4Co/c1-2-4-6-8-10-9-7-5-3-1;12*1-2;;;;/h1-2H,7-10H2;;;;;;;;;;;;;;;;/b2-1-;;;;;;;;;;;;;;;;. The summed E-state index contributed by atoms with van der Waals surface area (Å²) < 4.78 is 90.0. The molecular weight excluding hydrogens is 692 g/mol. The summed E-state index contributed by atoms with van der Waals surface area (Å²) in [6.07, 6.45) is 8.06. The van der Waals surface area contributed by atoms with Gasteiger partial charge in [0.05, 0.1) is 0 Å². The van der Waals surface area contributed by atoms with Gasteiger partial charge in [-0.05, 0) is 25.0 Å². The molecule has 0 spiro atoms. The van der Waals surface area contributed by atoms with Crippen LogP contribution in [0, 0.1) is 103 Å². The molecule has 0 amide bonds. The molecule has 0 atom stereocenters. The molecule has 0 N–H and O–H groups in total. The Labute approximate surface area is 263 Å². The second-order valence-corrected chi connectivity index (χ2v) is 2.18. The minimum absolute atomic E-state index is 0. The summed E-state index contributed by atoms with van der Waals surface area (Å²) in [5.41, 5.74) is 0. The van der Waals surface area contributed by atoms with Crippen LogP contribution in [0.2, 0.25) is 0 Å². The zero-order valence-electron chi connectivity index (χ0n) is 18.2. The third-order valence-corrected chi connectivity index (χ3v) is 1.31. The first-order valence-corrected chi connectivity index (χ1v) is 6.07. The van der Waals surface area contributed by atoms with Crippen molar-refractivity contribution in [3.8, 4) is 23.7 Å². The van der Waals surface area contributed by atoms with Crippen LogP contribution in [0.1, 0.15) is 25.7 Å². The molecule has 12 nitrogen and oxygen atoms in total. The van der Waals surface area contributed by atoms with E-state index in [1.807, 2.05) is 12.2 Å². The van der Waals surface area contributed by atoms with Crippen molar-refractivity contribution in [2.24, 2.45) is 0 Å². The SMILES string of the molecule is C1#CCCCCC#C/C=C\1.[C-]#[O+].[C-]#[O+].[C-]#[O+].[C-]#[O+].[C-]#[O+].[C-]#[O+].[C-]#[O+].[C-]#[O+].[C-]#[O+].[C-]#[O+].[C-]#[O+].[C-]#[O+].[Co].[Co].[Co].[Co]. The normalized spacial score (nSPS) is 5.68. The van der Waals surface area contributed by atoms with Crippen LogP contribution in [-0.2, 0) is 123 Å². The van der Waals surface area contributed by atoms with E-state index in [4.69, 9.17) is 55.8 Å². The van der Waals surface area contributed by atoms with E-state index >= 15 is 0 Å². The zero-order valence-corrected chi connectivity index (χ0v) is 22.4. The zero-order chi connectivity index (χ0) is 31.1. The van der Waals surface area contributed by atoms with Crippen LogP contribution in [0.25, 0.3) is 0 Å². The van der Waals surface area contributed by atoms with E-state index in [-0.39, 0.29) is 67.1 Å². The molecule has 1 rings (SSSR count). The summed E-state index contributed by atoms with van der Waals surface area (Å²) >= 11 is 0. The average Bonchev–Trinajstić information content (AvgIpc) is 3.04. The Hall–Kier alpha value is -2.23. The summed E-state index contributed by atoms with van der Waals surface area (Å²) in [7, 11) is 0. The smallest absolute Gasteiger partial charge is 0 e. The van der Waals surface area contributed by atoms with Crippen molar-refractivity contribution in [3.05, 3.63) is 92.0 Å². The van der Waals surface area contributed by atoms with E-state index in [1.54, 1.807) is 0 Å². The monoisotopic (exact) mass is 702 g/mol. The first-order valence-electron chi connectivity index (χ1n) is 6.07. The van der Waals surface area contributed by atoms with Gasteiger partial charge in [0.15, 0.2) is 0 Å². The fourth-order valence-corrected chi connectivity index (χ4v) is 0.772. The Kier molecular flexibility index (Phi) is 1910. The van der Waals surface area contributed by atoms with E-state index in [1.165, 1.54) is 12.8 Å². The van der Waals surface area contributed by atoms with Crippen molar-refractivity contribution in [2.45, 2.75) is 25.7 Å². The Bertz CT molecular complexity index is 559. The molecule has 206 valence electrons. The van der Waals surface area contributed by atoms with E-state index in [9.17, 15) is 0 Å². The molecule has 1 aliphatic carbocycles. The number of allylic oxidation sites excluding steroid dienone is 2. The first kappa shape index (κ1) is 111. The van der Waals surface area contributed by atoms with Crippen molar-refractivity contribution in [1.29, 1.82) is 0 Å². The van der Waals surface area contributed by atoms with Crippen LogP contribution >= 0.6 is 0 Å². The van der Waals surface area contributed by atoms with Crippen molar-refractivity contribution in [1.82, 2.24) is 0 Å². The predicted molar refractivity (Wildman–Crippen MR) is 90.3 cm³/mol. The molecular formula is C22H10Co4O12. The van der Waals surface area contributed by atoms with Gasteiger partial charge >= 0.3 is 136 Å². The van der Waals surface area contributed by atoms with E-state index in [0.29, 0.717) is 0 Å². The minimum atomic E-state index is 0. The van der Waals surface area contributed by atoms with Crippen LogP contribution in [-0.4, -0.2) is 0 Å². The second-order valence-electron chi connectivity index (χ2n) is 2.18. The largest absolute Gasteiger partial charge is 0 e. The molecule has 38 heavy (non-hydrogen) atoms. The molecule has 0 heterocycles. The average molecular weight is 702 g/mol. The third-order valence-electron chi connectivity index (χ3n) is 1.31. The van der Waals surface area contributed by atoms with Crippen molar-refractivity contribution < 1.29 is 123 Å². The summed E-state index contributed by atoms with van der Waals surface area (Å²) in [5.74, 6) is 11.9. The van der Waals surface area contributed by atoms with E-state index in [0.717, 1.165) is 12.8 Å². The number of hydrogen-bond acceptors (Lipinski definition) is 0. The minimum Gasteiger partial charge on any atom is 0 e. The maximum Gasteiger partial charge on any atom is 0 e. The van der Waals surface area contributed by atoms with Crippen molar-refractivity contribution in [3.63, 3.8) is 0 Å². The molecule has 0 fully saturated rings. The van der Waals surface area contributed by atoms with Gasteiger partial charge in [-0.25, -0.2) is 0 Å². The van der Waals surface area contributed by atoms with Gasteiger partial charge in [0.1, 0.15) is 0 Å². The van der Waals surface area contributed by atoms with Crippen LogP contribution in [0.3, 0.4) is 0 Å². The number of rotatable bonds is 0. The van der Waals surface area contributed by atoms with Crippen LogP contribution in [0.5, 0.6) is 0 Å². The Morgan fingerprint density at radius 1 is 0.316 bits per heavy atom. The summed E-state index contributed by atoms with van der Waals surface area (Å²) in [6.45, 7) is 54.0. The van der Waals surface area contributed by atoms with Gasteiger partial charge in [-0.15, -0.1) is 0 Å². The summed E-state index contributed by atoms with van der Waals surface area (Å²) in [4.78, 5) is 0. The molecule has 16 heteroatoms. The van der Waals surface area contributed by atoms with Gasteiger partial charge in [-0.2, -0.15) is 0 Å². The summed E-state index contributed by atoms with van der Waals surface area (Å²) in [5, 5.41) is 0. The van der Waals surface area contributed by atoms with Gasteiger partial charge < -0.3 is 0 Å². The Morgan fingerprint density at radius 3 is 0.579 bits per heavy atom. The molecule has 0 unspecified atom stereocenters. The molecule has 0 aliphatic heterocycles. The van der Waals surface area contributed by atoms with Crippen molar-refractivity contribution >= 4 is 0 Å². The quantitative estimate of drug-likeness (QED) is 0.199. The predicted octanol–water partition coefficient (Wildman–Crippen LogP) is 1.66. The van der Waals surface area contributed by atoms with Crippen LogP contribution in [0.4, 0.5) is 0 Å². The molecule has 1 aliphatic rings. The van der Waals surface area contributed by atoms with Crippen molar-refractivity contribution in [2.75, 3.05) is 0 Å². The fourth-order valence-electron chi connectivity index (χ4n) is 0.772. The molecule has 0 bridgehead atoms. The molecule has 0 aromatic heterocycles. The second kappa shape index (κ2) is 657. The first-order chi connectivity index (χ1) is 17.0. The fraction of sp³-hybridized carbons (Fsp3) is 0.182.